The van der Waals surface area contributed by atoms with Crippen LogP contribution in [0.3, 0.4) is 0 Å². The number of nitrogens with one attached hydrogen (secondary N) is 1. The first-order valence-corrected chi connectivity index (χ1v) is 8.46. The number of benzene rings is 1. The topological polar surface area (TPSA) is 106 Å². The van der Waals surface area contributed by atoms with E-state index in [2.05, 4.69) is 5.32 Å². The van der Waals surface area contributed by atoms with Crippen molar-refractivity contribution >= 4 is 31.3 Å². The van der Waals surface area contributed by atoms with Crippen molar-refractivity contribution in [2.45, 2.75) is 31.2 Å². The number of amides is 1. The van der Waals surface area contributed by atoms with Crippen molar-refractivity contribution in [1.29, 1.82) is 0 Å². The summed E-state index contributed by atoms with van der Waals surface area (Å²) in [5, 5.41) is 13.7. The van der Waals surface area contributed by atoms with E-state index < -0.39 is 30.5 Å². The maximum Gasteiger partial charge on any atom is 0.274 e. The Morgan fingerprint density at radius 2 is 2.05 bits per heavy atom. The normalized spacial score (nSPS) is 20.9. The number of nitro groups is 1. The molecule has 0 spiro atoms. The van der Waals surface area contributed by atoms with E-state index in [1.54, 1.807) is 0 Å². The van der Waals surface area contributed by atoms with Crippen LogP contribution in [-0.4, -0.2) is 25.3 Å². The summed E-state index contributed by atoms with van der Waals surface area (Å²) in [6, 6.07) is 1.94. The van der Waals surface area contributed by atoms with Crippen molar-refractivity contribution in [1.82, 2.24) is 5.32 Å². The molecular weight excluding hydrogens is 320 g/mol. The van der Waals surface area contributed by atoms with E-state index >= 15 is 0 Å². The standard InChI is InChI=1S/C12H13ClN2O5S/c1-6-3-10(6)14-12(16)9-4-8(21(13,19)20)5-11(7(9)2)15(17)18/h4-6,10H,3H2,1-2H3,(H,14,16). The van der Waals surface area contributed by atoms with Gasteiger partial charge < -0.3 is 5.32 Å². The molecule has 1 aromatic carbocycles. The fourth-order valence-corrected chi connectivity index (χ4v) is 2.79. The van der Waals surface area contributed by atoms with Gasteiger partial charge in [-0.05, 0) is 25.3 Å². The van der Waals surface area contributed by atoms with E-state index in [9.17, 15) is 23.3 Å². The van der Waals surface area contributed by atoms with Gasteiger partial charge in [-0.15, -0.1) is 0 Å². The molecule has 0 aliphatic heterocycles. The van der Waals surface area contributed by atoms with Crippen LogP contribution >= 0.6 is 10.7 Å². The molecular formula is C12H13ClN2O5S. The summed E-state index contributed by atoms with van der Waals surface area (Å²) in [5.74, 6) is -0.184. The van der Waals surface area contributed by atoms with Crippen molar-refractivity contribution in [2.24, 2.45) is 5.92 Å². The monoisotopic (exact) mass is 332 g/mol. The lowest BCUT2D eigenvalue weighted by molar-refractivity contribution is -0.385. The van der Waals surface area contributed by atoms with Crippen molar-refractivity contribution in [2.75, 3.05) is 0 Å². The van der Waals surface area contributed by atoms with E-state index in [1.165, 1.54) is 6.92 Å². The molecule has 0 aromatic heterocycles. The van der Waals surface area contributed by atoms with Gasteiger partial charge in [0.1, 0.15) is 0 Å². The van der Waals surface area contributed by atoms with Gasteiger partial charge in [-0.2, -0.15) is 0 Å². The van der Waals surface area contributed by atoms with Gasteiger partial charge in [0, 0.05) is 28.4 Å². The molecule has 1 fully saturated rings. The Morgan fingerprint density at radius 3 is 2.48 bits per heavy atom. The van der Waals surface area contributed by atoms with Crippen LogP contribution < -0.4 is 5.32 Å². The van der Waals surface area contributed by atoms with Gasteiger partial charge in [0.05, 0.1) is 15.4 Å². The summed E-state index contributed by atoms with van der Waals surface area (Å²) >= 11 is 0. The zero-order valence-corrected chi connectivity index (χ0v) is 12.9. The highest BCUT2D eigenvalue weighted by Crippen LogP contribution is 2.31. The molecule has 114 valence electrons. The van der Waals surface area contributed by atoms with Crippen LogP contribution in [0, 0.1) is 23.0 Å². The third kappa shape index (κ3) is 3.33. The third-order valence-electron chi connectivity index (χ3n) is 3.50. The number of carbonyl (C=O) groups excluding carboxylic acids is 1. The molecule has 2 rings (SSSR count). The van der Waals surface area contributed by atoms with E-state index in [0.29, 0.717) is 5.92 Å². The molecule has 0 bridgehead atoms. The van der Waals surface area contributed by atoms with Gasteiger partial charge in [0.25, 0.3) is 20.6 Å². The van der Waals surface area contributed by atoms with Crippen LogP contribution in [-0.2, 0) is 9.05 Å². The van der Waals surface area contributed by atoms with Crippen molar-refractivity contribution in [3.8, 4) is 0 Å². The number of hydrogen-bond donors (Lipinski definition) is 1. The lowest BCUT2D eigenvalue weighted by atomic mass is 10.1. The summed E-state index contributed by atoms with van der Waals surface area (Å²) in [6.45, 7) is 3.36. The van der Waals surface area contributed by atoms with Crippen molar-refractivity contribution < 1.29 is 18.1 Å². The van der Waals surface area contributed by atoms with Crippen LogP contribution in [0.4, 0.5) is 5.69 Å². The first-order chi connectivity index (χ1) is 9.61. The second-order valence-corrected chi connectivity index (χ2v) is 7.67. The highest BCUT2D eigenvalue weighted by atomic mass is 35.7. The molecule has 1 amide bonds. The van der Waals surface area contributed by atoms with Crippen LogP contribution in [0.1, 0.15) is 29.3 Å². The molecule has 1 aromatic rings. The Labute approximate surface area is 125 Å². The first-order valence-electron chi connectivity index (χ1n) is 6.16. The summed E-state index contributed by atoms with van der Waals surface area (Å²) in [5.41, 5.74) is -0.400. The minimum Gasteiger partial charge on any atom is -0.349 e. The number of carbonyl (C=O) groups is 1. The summed E-state index contributed by atoms with van der Waals surface area (Å²) < 4.78 is 22.8. The fraction of sp³-hybridized carbons (Fsp3) is 0.417. The molecule has 1 aliphatic carbocycles. The second-order valence-electron chi connectivity index (χ2n) is 5.10. The zero-order chi connectivity index (χ0) is 15.9. The minimum atomic E-state index is -4.17. The largest absolute Gasteiger partial charge is 0.349 e. The SMILES string of the molecule is Cc1c(C(=O)NC2CC2C)cc(S(=O)(=O)Cl)cc1[N+](=O)[O-]. The predicted molar refractivity (Wildman–Crippen MR) is 75.9 cm³/mol. The highest BCUT2D eigenvalue weighted by Gasteiger charge is 2.35. The van der Waals surface area contributed by atoms with Gasteiger partial charge in [-0.25, -0.2) is 8.42 Å². The molecule has 2 unspecified atom stereocenters. The van der Waals surface area contributed by atoms with Gasteiger partial charge in [0.15, 0.2) is 0 Å². The Kier molecular flexibility index (Phi) is 3.94. The van der Waals surface area contributed by atoms with E-state index in [4.69, 9.17) is 10.7 Å². The molecule has 0 radical (unpaired) electrons. The van der Waals surface area contributed by atoms with E-state index in [0.717, 1.165) is 18.6 Å². The maximum atomic E-state index is 12.1. The molecule has 21 heavy (non-hydrogen) atoms. The Balaban J connectivity index is 2.50. The Morgan fingerprint density at radius 1 is 1.48 bits per heavy atom. The number of halogens is 1. The summed E-state index contributed by atoms with van der Waals surface area (Å²) in [7, 11) is 1.06. The number of nitro benzene ring substituents is 1. The van der Waals surface area contributed by atoms with Gasteiger partial charge in [-0.1, -0.05) is 6.92 Å². The quantitative estimate of drug-likeness (QED) is 0.515. The molecule has 1 N–H and O–H groups in total. The van der Waals surface area contributed by atoms with Crippen molar-refractivity contribution in [3.63, 3.8) is 0 Å². The fourth-order valence-electron chi connectivity index (χ4n) is 2.01. The average Bonchev–Trinajstić information content (AvgIpc) is 3.02. The Hall–Kier alpha value is -1.67. The lowest BCUT2D eigenvalue weighted by Crippen LogP contribution is -2.27. The Bertz CT molecular complexity index is 731. The van der Waals surface area contributed by atoms with Crippen molar-refractivity contribution in [3.05, 3.63) is 33.4 Å². The second kappa shape index (κ2) is 5.27. The predicted octanol–water partition coefficient (Wildman–Crippen LogP) is 1.97. The summed E-state index contributed by atoms with van der Waals surface area (Å²) in [6.07, 6.45) is 0.834. The average molecular weight is 333 g/mol. The van der Waals surface area contributed by atoms with Gasteiger partial charge in [-0.3, -0.25) is 14.9 Å². The molecule has 0 heterocycles. The first kappa shape index (κ1) is 15.7. The van der Waals surface area contributed by atoms with Gasteiger partial charge >= 0.3 is 0 Å². The van der Waals surface area contributed by atoms with E-state index in [1.807, 2.05) is 6.92 Å². The molecule has 1 saturated carbocycles. The van der Waals surface area contributed by atoms with Gasteiger partial charge in [0.2, 0.25) is 0 Å². The minimum absolute atomic E-state index is 0.0206. The van der Waals surface area contributed by atoms with Crippen LogP contribution in [0.2, 0.25) is 0 Å². The number of nitrogens with zero attached hydrogens (tertiary/aromatic N) is 1. The molecule has 7 nitrogen and oxygen atoms in total. The molecule has 0 saturated heterocycles. The van der Waals surface area contributed by atoms with Crippen LogP contribution in [0.15, 0.2) is 17.0 Å². The third-order valence-corrected chi connectivity index (χ3v) is 4.84. The van der Waals surface area contributed by atoms with Crippen LogP contribution in [0.5, 0.6) is 0 Å². The van der Waals surface area contributed by atoms with Crippen LogP contribution in [0.25, 0.3) is 0 Å². The number of rotatable bonds is 4. The highest BCUT2D eigenvalue weighted by molar-refractivity contribution is 8.13. The molecule has 9 heteroatoms. The summed E-state index contributed by atoms with van der Waals surface area (Å²) in [4.78, 5) is 21.9. The lowest BCUT2D eigenvalue weighted by Gasteiger charge is -2.09. The maximum absolute atomic E-state index is 12.1. The zero-order valence-electron chi connectivity index (χ0n) is 11.3. The smallest absolute Gasteiger partial charge is 0.274 e. The molecule has 1 aliphatic rings. The molecule has 2 atom stereocenters. The van der Waals surface area contributed by atoms with E-state index in [-0.39, 0.29) is 17.2 Å². The number of hydrogen-bond acceptors (Lipinski definition) is 5.